The van der Waals surface area contributed by atoms with Gasteiger partial charge in [0.05, 0.1) is 15.1 Å². The molecule has 5 nitrogen and oxygen atoms in total. The number of halogens is 4. The van der Waals surface area contributed by atoms with Gasteiger partial charge in [-0.15, -0.1) is 0 Å². The number of benzene rings is 3. The Morgan fingerprint density at radius 2 is 1.41 bits per heavy atom. The van der Waals surface area contributed by atoms with Gasteiger partial charge >= 0.3 is 0 Å². The highest BCUT2D eigenvalue weighted by Crippen LogP contribution is 2.49. The summed E-state index contributed by atoms with van der Waals surface area (Å²) in [4.78, 5) is 0. The number of hydrogen-bond donors (Lipinski definition) is 3. The molecule has 0 aliphatic rings. The Labute approximate surface area is 186 Å². The normalized spacial score (nSPS) is 13.8. The molecule has 0 radical (unpaired) electrons. The highest BCUT2D eigenvalue weighted by molar-refractivity contribution is 7.87. The summed E-state index contributed by atoms with van der Waals surface area (Å²) < 4.78 is 33.9. The van der Waals surface area contributed by atoms with Gasteiger partial charge in [0.15, 0.2) is 4.75 Å². The largest absolute Gasteiger partial charge is 0.508 e. The molecule has 10 heteroatoms. The first kappa shape index (κ1) is 22.0. The lowest BCUT2D eigenvalue weighted by Crippen LogP contribution is -2.38. The maximum Gasteiger partial charge on any atom is 0.283 e. The summed E-state index contributed by atoms with van der Waals surface area (Å²) in [7, 11) is -5.06. The molecule has 29 heavy (non-hydrogen) atoms. The van der Waals surface area contributed by atoms with Gasteiger partial charge in [0.2, 0.25) is 0 Å². The number of hydrogen-bond acceptors (Lipinski definition) is 4. The Morgan fingerprint density at radius 3 is 1.93 bits per heavy atom. The summed E-state index contributed by atoms with van der Waals surface area (Å²) in [6.07, 6.45) is 0. The Kier molecular flexibility index (Phi) is 5.98. The molecule has 0 saturated carbocycles. The van der Waals surface area contributed by atoms with Crippen LogP contribution in [-0.2, 0) is 14.9 Å². The molecule has 0 aliphatic carbocycles. The molecule has 0 aromatic heterocycles. The summed E-state index contributed by atoms with van der Waals surface area (Å²) in [5.74, 6) is -0.782. The lowest BCUT2D eigenvalue weighted by molar-refractivity contribution is 0.439. The van der Waals surface area contributed by atoms with E-state index in [2.05, 4.69) is 0 Å². The molecule has 152 valence electrons. The van der Waals surface area contributed by atoms with Crippen LogP contribution in [0.2, 0.25) is 20.1 Å². The van der Waals surface area contributed by atoms with Crippen LogP contribution in [0.4, 0.5) is 0 Å². The van der Waals surface area contributed by atoms with Gasteiger partial charge in [-0.2, -0.15) is 8.42 Å². The van der Waals surface area contributed by atoms with Gasteiger partial charge < -0.3 is 10.2 Å². The minimum Gasteiger partial charge on any atom is -0.508 e. The molecule has 3 aromatic rings. The average molecular weight is 494 g/mol. The Balaban J connectivity index is 2.58. The predicted molar refractivity (Wildman–Crippen MR) is 114 cm³/mol. The van der Waals surface area contributed by atoms with Crippen molar-refractivity contribution in [1.29, 1.82) is 0 Å². The van der Waals surface area contributed by atoms with Crippen LogP contribution in [-0.4, -0.2) is 23.2 Å². The molecule has 1 atom stereocenters. The van der Waals surface area contributed by atoms with E-state index in [4.69, 9.17) is 46.4 Å². The third kappa shape index (κ3) is 3.77. The molecule has 0 heterocycles. The highest BCUT2D eigenvalue weighted by Gasteiger charge is 2.50. The van der Waals surface area contributed by atoms with Crippen LogP contribution in [0.1, 0.15) is 16.7 Å². The first-order valence-corrected chi connectivity index (χ1v) is 10.8. The Bertz CT molecular complexity index is 1190. The number of rotatable bonds is 4. The maximum absolute atomic E-state index is 12.9. The lowest BCUT2D eigenvalue weighted by atomic mass is 9.83. The van der Waals surface area contributed by atoms with E-state index in [1.807, 2.05) is 0 Å². The van der Waals surface area contributed by atoms with Crippen LogP contribution in [0.15, 0.2) is 54.6 Å². The molecule has 0 spiro atoms. The van der Waals surface area contributed by atoms with Crippen LogP contribution in [0.25, 0.3) is 0 Å². The monoisotopic (exact) mass is 492 g/mol. The van der Waals surface area contributed by atoms with E-state index >= 15 is 0 Å². The van der Waals surface area contributed by atoms with Crippen molar-refractivity contribution in [3.63, 3.8) is 0 Å². The summed E-state index contributed by atoms with van der Waals surface area (Å²) in [6, 6.07) is 11.3. The molecule has 0 bridgehead atoms. The molecule has 0 amide bonds. The van der Waals surface area contributed by atoms with Crippen molar-refractivity contribution in [3.05, 3.63) is 91.4 Å². The lowest BCUT2D eigenvalue weighted by Gasteiger charge is -2.33. The van der Waals surface area contributed by atoms with E-state index < -0.39 is 20.6 Å². The third-order valence-corrected chi connectivity index (χ3v) is 7.27. The van der Waals surface area contributed by atoms with Crippen molar-refractivity contribution < 1.29 is 23.2 Å². The summed E-state index contributed by atoms with van der Waals surface area (Å²) in [5, 5.41) is 20.5. The molecule has 3 aromatic carbocycles. The van der Waals surface area contributed by atoms with Gasteiger partial charge in [-0.25, -0.2) is 0 Å². The summed E-state index contributed by atoms with van der Waals surface area (Å²) in [6.45, 7) is 0. The van der Waals surface area contributed by atoms with Crippen molar-refractivity contribution >= 4 is 56.5 Å². The third-order valence-electron chi connectivity index (χ3n) is 4.37. The molecule has 3 N–H and O–H groups in total. The molecular formula is C19H12Cl4O5S. The first-order chi connectivity index (χ1) is 13.5. The molecule has 0 fully saturated rings. The van der Waals surface area contributed by atoms with Crippen LogP contribution in [0, 0.1) is 0 Å². The van der Waals surface area contributed by atoms with Crippen LogP contribution < -0.4 is 0 Å². The van der Waals surface area contributed by atoms with Gasteiger partial charge in [-0.05, 0) is 47.5 Å². The molecule has 0 aliphatic heterocycles. The Morgan fingerprint density at radius 1 is 0.793 bits per heavy atom. The minimum atomic E-state index is -5.06. The second-order valence-corrected chi connectivity index (χ2v) is 9.31. The summed E-state index contributed by atoms with van der Waals surface area (Å²) >= 11 is 24.1. The van der Waals surface area contributed by atoms with Crippen molar-refractivity contribution in [2.24, 2.45) is 0 Å². The molecule has 3 rings (SSSR count). The molecular weight excluding hydrogens is 482 g/mol. The maximum atomic E-state index is 12.9. The zero-order valence-corrected chi connectivity index (χ0v) is 18.1. The zero-order chi connectivity index (χ0) is 21.6. The van der Waals surface area contributed by atoms with E-state index in [1.165, 1.54) is 42.5 Å². The van der Waals surface area contributed by atoms with Gasteiger partial charge in [-0.1, -0.05) is 64.6 Å². The SMILES string of the molecule is O=S(=O)(O)C(c1cccc(O)c1)(c1cc(Cl)c(Cl)c(Cl)c1)c1ccc(Cl)cc1O. The van der Waals surface area contributed by atoms with Crippen molar-refractivity contribution in [2.75, 3.05) is 0 Å². The van der Waals surface area contributed by atoms with Crippen molar-refractivity contribution in [2.45, 2.75) is 4.75 Å². The fraction of sp³-hybridized carbons (Fsp3) is 0.0526. The minimum absolute atomic E-state index is 0.0161. The topological polar surface area (TPSA) is 94.8 Å². The second kappa shape index (κ2) is 7.87. The van der Waals surface area contributed by atoms with E-state index in [9.17, 15) is 23.2 Å². The number of aromatic hydroxyl groups is 2. The van der Waals surface area contributed by atoms with Gasteiger partial charge in [0.1, 0.15) is 11.5 Å². The van der Waals surface area contributed by atoms with Crippen LogP contribution in [0.5, 0.6) is 11.5 Å². The first-order valence-electron chi connectivity index (χ1n) is 7.89. The van der Waals surface area contributed by atoms with E-state index in [0.717, 1.165) is 12.1 Å². The van der Waals surface area contributed by atoms with Gasteiger partial charge in [0, 0.05) is 10.6 Å². The van der Waals surface area contributed by atoms with Crippen molar-refractivity contribution in [3.8, 4) is 11.5 Å². The number of phenolic OH excluding ortho intramolecular Hbond substituents is 2. The molecule has 1 unspecified atom stereocenters. The second-order valence-electron chi connectivity index (χ2n) is 6.12. The molecule has 0 saturated heterocycles. The van der Waals surface area contributed by atoms with E-state index in [0.29, 0.717) is 0 Å². The highest BCUT2D eigenvalue weighted by atomic mass is 35.5. The fourth-order valence-corrected chi connectivity index (χ4v) is 5.25. The van der Waals surface area contributed by atoms with Gasteiger partial charge in [-0.3, -0.25) is 4.55 Å². The average Bonchev–Trinajstić information content (AvgIpc) is 2.60. The van der Waals surface area contributed by atoms with E-state index in [1.54, 1.807) is 0 Å². The summed E-state index contributed by atoms with van der Waals surface area (Å²) in [5.41, 5.74) is -0.417. The quantitative estimate of drug-likeness (QED) is 0.239. The Hall–Kier alpha value is -1.67. The van der Waals surface area contributed by atoms with E-state index in [-0.39, 0.29) is 42.5 Å². The smallest absolute Gasteiger partial charge is 0.283 e. The van der Waals surface area contributed by atoms with Crippen LogP contribution >= 0.6 is 46.4 Å². The number of phenols is 2. The fourth-order valence-electron chi connectivity index (χ4n) is 3.20. The predicted octanol–water partition coefficient (Wildman–Crippen LogP) is 5.89. The zero-order valence-electron chi connectivity index (χ0n) is 14.3. The van der Waals surface area contributed by atoms with Gasteiger partial charge in [0.25, 0.3) is 10.1 Å². The van der Waals surface area contributed by atoms with Crippen LogP contribution in [0.3, 0.4) is 0 Å². The standard InChI is InChI=1S/C19H12Cl4O5S/c20-12-4-5-14(17(25)9-12)19(29(26,27)28,10-2-1-3-13(24)6-10)11-7-15(21)18(23)16(22)8-11/h1-9,24-25H,(H,26,27,28). The van der Waals surface area contributed by atoms with Crippen molar-refractivity contribution in [1.82, 2.24) is 0 Å².